The molecule has 0 fully saturated rings. The van der Waals surface area contributed by atoms with E-state index in [0.29, 0.717) is 17.7 Å². The molecule has 0 saturated carbocycles. The third-order valence-corrected chi connectivity index (χ3v) is 3.22. The summed E-state index contributed by atoms with van der Waals surface area (Å²) in [5.74, 6) is 2.74. The van der Waals surface area contributed by atoms with Crippen molar-refractivity contribution in [3.8, 4) is 0 Å². The summed E-state index contributed by atoms with van der Waals surface area (Å²) in [6.45, 7) is 6.78. The molecule has 0 aliphatic rings. The molecule has 20 heavy (non-hydrogen) atoms. The average Bonchev–Trinajstić information content (AvgIpc) is 2.86. The zero-order chi connectivity index (χ0) is 14.5. The molecule has 2 aromatic heterocycles. The van der Waals surface area contributed by atoms with Gasteiger partial charge in [0.05, 0.1) is 10.7 Å². The van der Waals surface area contributed by atoms with Gasteiger partial charge in [0.25, 0.3) is 0 Å². The van der Waals surface area contributed by atoms with Crippen LogP contribution in [0.25, 0.3) is 0 Å². The summed E-state index contributed by atoms with van der Waals surface area (Å²) in [6.07, 6.45) is 4.45. The second-order valence-electron chi connectivity index (χ2n) is 4.49. The molecule has 108 valence electrons. The molecule has 0 aromatic carbocycles. The summed E-state index contributed by atoms with van der Waals surface area (Å²) >= 11 is 3.44. The predicted molar refractivity (Wildman–Crippen MR) is 81.8 cm³/mol. The highest BCUT2D eigenvalue weighted by atomic mass is 79.9. The number of rotatable bonds is 6. The van der Waals surface area contributed by atoms with E-state index in [1.165, 1.54) is 0 Å². The number of nitrogens with zero attached hydrogens (tertiary/aromatic N) is 3. The molecule has 2 N–H and O–H groups in total. The Morgan fingerprint density at radius 1 is 1.35 bits per heavy atom. The smallest absolute Gasteiger partial charge is 0.224 e. The summed E-state index contributed by atoms with van der Waals surface area (Å²) < 4.78 is 6.31. The standard InChI is InChI=1S/C13H18BrN5O/c1-4-5-15-13-17-7-10(14)11(19-13)18-9(3)12-16-6-8(2)20-12/h6-7,9H,4-5H2,1-3H3,(H2,15,17,18,19). The highest BCUT2D eigenvalue weighted by Crippen LogP contribution is 2.24. The van der Waals surface area contributed by atoms with Crippen molar-refractivity contribution in [1.29, 1.82) is 0 Å². The Kier molecular flexibility index (Phi) is 4.94. The maximum absolute atomic E-state index is 5.50. The topological polar surface area (TPSA) is 75.9 Å². The fourth-order valence-corrected chi connectivity index (χ4v) is 1.93. The summed E-state index contributed by atoms with van der Waals surface area (Å²) in [5.41, 5.74) is 0. The predicted octanol–water partition coefficient (Wildman–Crippen LogP) is 3.53. The molecule has 0 radical (unpaired) electrons. The van der Waals surface area contributed by atoms with E-state index in [1.54, 1.807) is 12.4 Å². The molecule has 0 bridgehead atoms. The van der Waals surface area contributed by atoms with E-state index >= 15 is 0 Å². The molecule has 1 unspecified atom stereocenters. The van der Waals surface area contributed by atoms with Gasteiger partial charge in [0, 0.05) is 12.7 Å². The number of oxazole rings is 1. The Balaban J connectivity index is 2.11. The van der Waals surface area contributed by atoms with Crippen molar-refractivity contribution in [3.05, 3.63) is 28.5 Å². The van der Waals surface area contributed by atoms with Crippen molar-refractivity contribution in [2.45, 2.75) is 33.2 Å². The minimum absolute atomic E-state index is 0.0751. The van der Waals surface area contributed by atoms with E-state index in [9.17, 15) is 0 Å². The van der Waals surface area contributed by atoms with Gasteiger partial charge in [0.15, 0.2) is 0 Å². The van der Waals surface area contributed by atoms with Gasteiger partial charge in [0.2, 0.25) is 11.8 Å². The molecule has 0 aliphatic carbocycles. The van der Waals surface area contributed by atoms with Crippen LogP contribution < -0.4 is 10.6 Å². The van der Waals surface area contributed by atoms with Crippen LogP contribution in [0.2, 0.25) is 0 Å². The molecule has 7 heteroatoms. The Morgan fingerprint density at radius 3 is 2.80 bits per heavy atom. The molecule has 0 spiro atoms. The van der Waals surface area contributed by atoms with Crippen LogP contribution in [0.5, 0.6) is 0 Å². The minimum Gasteiger partial charge on any atom is -0.444 e. The van der Waals surface area contributed by atoms with Crippen LogP contribution in [0, 0.1) is 6.92 Å². The number of nitrogens with one attached hydrogen (secondary N) is 2. The van der Waals surface area contributed by atoms with Crippen LogP contribution >= 0.6 is 15.9 Å². The second kappa shape index (κ2) is 6.69. The first-order chi connectivity index (χ1) is 9.60. The summed E-state index contributed by atoms with van der Waals surface area (Å²) in [6, 6.07) is -0.0751. The van der Waals surface area contributed by atoms with Crippen LogP contribution in [-0.4, -0.2) is 21.5 Å². The highest BCUT2D eigenvalue weighted by molar-refractivity contribution is 9.10. The molecular formula is C13H18BrN5O. The van der Waals surface area contributed by atoms with Crippen LogP contribution in [-0.2, 0) is 0 Å². The third kappa shape index (κ3) is 3.69. The lowest BCUT2D eigenvalue weighted by molar-refractivity contribution is 0.453. The molecule has 0 amide bonds. The largest absolute Gasteiger partial charge is 0.444 e. The van der Waals surface area contributed by atoms with E-state index in [0.717, 1.165) is 23.2 Å². The van der Waals surface area contributed by atoms with Crippen LogP contribution in [0.4, 0.5) is 11.8 Å². The zero-order valence-electron chi connectivity index (χ0n) is 11.8. The fourth-order valence-electron chi connectivity index (χ4n) is 1.63. The summed E-state index contributed by atoms with van der Waals surface area (Å²) in [4.78, 5) is 12.9. The highest BCUT2D eigenvalue weighted by Gasteiger charge is 2.14. The second-order valence-corrected chi connectivity index (χ2v) is 5.35. The maximum Gasteiger partial charge on any atom is 0.224 e. The van der Waals surface area contributed by atoms with E-state index < -0.39 is 0 Å². The summed E-state index contributed by atoms with van der Waals surface area (Å²) in [5, 5.41) is 6.42. The number of hydrogen-bond donors (Lipinski definition) is 2. The van der Waals surface area contributed by atoms with Gasteiger partial charge in [-0.1, -0.05) is 6.92 Å². The monoisotopic (exact) mass is 339 g/mol. The van der Waals surface area contributed by atoms with Crippen molar-refractivity contribution in [2.24, 2.45) is 0 Å². The van der Waals surface area contributed by atoms with Crippen LogP contribution in [0.3, 0.4) is 0 Å². The van der Waals surface area contributed by atoms with Gasteiger partial charge >= 0.3 is 0 Å². The number of halogens is 1. The van der Waals surface area contributed by atoms with Crippen molar-refractivity contribution < 1.29 is 4.42 Å². The molecule has 2 rings (SSSR count). The molecule has 2 heterocycles. The van der Waals surface area contributed by atoms with Crippen molar-refractivity contribution in [3.63, 3.8) is 0 Å². The van der Waals surface area contributed by atoms with E-state index in [2.05, 4.69) is 48.4 Å². The van der Waals surface area contributed by atoms with Gasteiger partial charge in [-0.2, -0.15) is 4.98 Å². The SMILES string of the molecule is CCCNc1ncc(Br)c(NC(C)c2ncc(C)o2)n1. The van der Waals surface area contributed by atoms with Gasteiger partial charge in [-0.05, 0) is 36.2 Å². The molecule has 2 aromatic rings. The van der Waals surface area contributed by atoms with Crippen molar-refractivity contribution in [2.75, 3.05) is 17.2 Å². The minimum atomic E-state index is -0.0751. The summed E-state index contributed by atoms with van der Waals surface area (Å²) in [7, 11) is 0. The quantitative estimate of drug-likeness (QED) is 0.838. The Hall–Kier alpha value is -1.63. The van der Waals surface area contributed by atoms with Gasteiger partial charge in [-0.3, -0.25) is 0 Å². The zero-order valence-corrected chi connectivity index (χ0v) is 13.4. The number of aryl methyl sites for hydroxylation is 1. The molecular weight excluding hydrogens is 322 g/mol. The number of hydrogen-bond acceptors (Lipinski definition) is 6. The Morgan fingerprint density at radius 2 is 2.15 bits per heavy atom. The lowest BCUT2D eigenvalue weighted by Crippen LogP contribution is -2.11. The number of anilines is 2. The fraction of sp³-hybridized carbons (Fsp3) is 0.462. The average molecular weight is 340 g/mol. The maximum atomic E-state index is 5.50. The van der Waals surface area contributed by atoms with E-state index in [-0.39, 0.29) is 6.04 Å². The normalized spacial score (nSPS) is 12.2. The van der Waals surface area contributed by atoms with Gasteiger partial charge in [-0.15, -0.1) is 0 Å². The first kappa shape index (κ1) is 14.8. The van der Waals surface area contributed by atoms with Gasteiger partial charge in [0.1, 0.15) is 17.6 Å². The van der Waals surface area contributed by atoms with E-state index in [1.807, 2.05) is 13.8 Å². The van der Waals surface area contributed by atoms with E-state index in [4.69, 9.17) is 4.42 Å². The Bertz CT molecular complexity index is 572. The molecule has 0 saturated heterocycles. The lowest BCUT2D eigenvalue weighted by atomic mass is 10.3. The molecule has 6 nitrogen and oxygen atoms in total. The van der Waals surface area contributed by atoms with Crippen LogP contribution in [0.1, 0.15) is 38.0 Å². The van der Waals surface area contributed by atoms with Gasteiger partial charge in [-0.25, -0.2) is 9.97 Å². The van der Waals surface area contributed by atoms with Gasteiger partial charge < -0.3 is 15.1 Å². The molecule has 0 aliphatic heterocycles. The van der Waals surface area contributed by atoms with Crippen LogP contribution in [0.15, 0.2) is 21.3 Å². The first-order valence-corrected chi connectivity index (χ1v) is 7.34. The Labute approximate surface area is 126 Å². The number of aromatic nitrogens is 3. The first-order valence-electron chi connectivity index (χ1n) is 6.55. The lowest BCUT2D eigenvalue weighted by Gasteiger charge is -2.13. The molecule has 1 atom stereocenters. The third-order valence-electron chi connectivity index (χ3n) is 2.64. The van der Waals surface area contributed by atoms with Crippen molar-refractivity contribution >= 4 is 27.7 Å². The van der Waals surface area contributed by atoms with Crippen molar-refractivity contribution in [1.82, 2.24) is 15.0 Å².